The molecule has 0 spiro atoms. The van der Waals surface area contributed by atoms with Crippen LogP contribution in [0, 0.1) is 6.92 Å². The van der Waals surface area contributed by atoms with E-state index in [0.29, 0.717) is 0 Å². The van der Waals surface area contributed by atoms with Crippen molar-refractivity contribution in [2.45, 2.75) is 6.92 Å². The predicted molar refractivity (Wildman–Crippen MR) is 67.9 cm³/mol. The highest BCUT2D eigenvalue weighted by atomic mass is 15.0. The second-order valence-electron chi connectivity index (χ2n) is 4.13. The van der Waals surface area contributed by atoms with Gasteiger partial charge < -0.3 is 0 Å². The fourth-order valence-corrected chi connectivity index (χ4v) is 1.80. The van der Waals surface area contributed by atoms with Gasteiger partial charge in [-0.2, -0.15) is 0 Å². The highest BCUT2D eigenvalue weighted by molar-refractivity contribution is 5.53. The maximum atomic E-state index is 4.46. The summed E-state index contributed by atoms with van der Waals surface area (Å²) in [5.74, 6) is 0.773. The zero-order chi connectivity index (χ0) is 11.7. The molecule has 82 valence electrons. The first-order valence-corrected chi connectivity index (χ1v) is 5.62. The van der Waals surface area contributed by atoms with Crippen molar-refractivity contribution < 1.29 is 0 Å². The Morgan fingerprint density at radius 1 is 0.824 bits per heavy atom. The summed E-state index contributed by atoms with van der Waals surface area (Å²) < 4.78 is 0. The van der Waals surface area contributed by atoms with Crippen LogP contribution in [0.3, 0.4) is 0 Å². The molecule has 2 aromatic carbocycles. The summed E-state index contributed by atoms with van der Waals surface area (Å²) in [4.78, 5) is 8.93. The van der Waals surface area contributed by atoms with Crippen LogP contribution in [0.4, 0.5) is 0 Å². The first-order valence-electron chi connectivity index (χ1n) is 5.62. The molecule has 3 rings (SSSR count). The van der Waals surface area contributed by atoms with Gasteiger partial charge in [-0.1, -0.05) is 42.0 Å². The number of hydrogen-bond acceptors (Lipinski definition) is 2. The zero-order valence-corrected chi connectivity index (χ0v) is 9.59. The summed E-state index contributed by atoms with van der Waals surface area (Å²) in [5, 5.41) is 1.90. The molecule has 0 unspecified atom stereocenters. The lowest BCUT2D eigenvalue weighted by Gasteiger charge is -1.94. The summed E-state index contributed by atoms with van der Waals surface area (Å²) >= 11 is 0. The quantitative estimate of drug-likeness (QED) is 0.704. The Hall–Kier alpha value is -2.22. The van der Waals surface area contributed by atoms with E-state index in [0.717, 1.165) is 22.1 Å². The van der Waals surface area contributed by atoms with Gasteiger partial charge in [-0.3, -0.25) is 0 Å². The van der Waals surface area contributed by atoms with Crippen molar-refractivity contribution in [1.82, 2.24) is 0 Å². The average Bonchev–Trinajstić information content (AvgIpc) is 2.74. The molecule has 0 saturated heterocycles. The fraction of sp³-hybridized carbons (Fsp3) is 0.0667. The maximum absolute atomic E-state index is 4.46. The van der Waals surface area contributed by atoms with Crippen molar-refractivity contribution >= 4 is 6.08 Å². The topological polar surface area (TPSA) is 24.7 Å². The standard InChI is InChI=1S/C15H12N2/c1-11-6-8-12(9-7-11)10-15-16-13-4-2-3-5-14(13)17-15/h2-10H,1H3. The number of rotatable bonds is 1. The van der Waals surface area contributed by atoms with Gasteiger partial charge in [-0.05, 0) is 30.7 Å². The van der Waals surface area contributed by atoms with E-state index in [1.807, 2.05) is 30.3 Å². The highest BCUT2D eigenvalue weighted by Crippen LogP contribution is 2.10. The third-order valence-corrected chi connectivity index (χ3v) is 2.72. The van der Waals surface area contributed by atoms with E-state index in [4.69, 9.17) is 0 Å². The second-order valence-corrected chi connectivity index (χ2v) is 4.13. The SMILES string of the molecule is Cc1ccc(C=C2N=c3ccccc3=N2)cc1. The van der Waals surface area contributed by atoms with Crippen molar-refractivity contribution in [3.63, 3.8) is 0 Å². The van der Waals surface area contributed by atoms with Crippen LogP contribution in [0.2, 0.25) is 0 Å². The molecule has 0 saturated carbocycles. The number of benzene rings is 2. The third-order valence-electron chi connectivity index (χ3n) is 2.72. The Kier molecular flexibility index (Phi) is 2.33. The van der Waals surface area contributed by atoms with Crippen molar-refractivity contribution in [2.75, 3.05) is 0 Å². The molecule has 0 atom stereocenters. The van der Waals surface area contributed by atoms with E-state index < -0.39 is 0 Å². The molecule has 1 heterocycles. The summed E-state index contributed by atoms with van der Waals surface area (Å²) in [7, 11) is 0. The van der Waals surface area contributed by atoms with Crippen LogP contribution >= 0.6 is 0 Å². The van der Waals surface area contributed by atoms with E-state index in [-0.39, 0.29) is 0 Å². The first kappa shape index (κ1) is 9.97. The van der Waals surface area contributed by atoms with Gasteiger partial charge in [-0.15, -0.1) is 0 Å². The minimum atomic E-state index is 0.773. The molecule has 0 amide bonds. The Morgan fingerprint density at radius 2 is 1.41 bits per heavy atom. The Labute approximate surface area is 99.7 Å². The van der Waals surface area contributed by atoms with Crippen LogP contribution in [-0.4, -0.2) is 0 Å². The van der Waals surface area contributed by atoms with Crippen LogP contribution in [0.15, 0.2) is 64.3 Å². The number of hydrogen-bond donors (Lipinski definition) is 0. The van der Waals surface area contributed by atoms with Gasteiger partial charge in [-0.25, -0.2) is 9.98 Å². The lowest BCUT2D eigenvalue weighted by atomic mass is 10.1. The van der Waals surface area contributed by atoms with E-state index in [9.17, 15) is 0 Å². The van der Waals surface area contributed by atoms with E-state index in [1.54, 1.807) is 0 Å². The molecule has 0 N–H and O–H groups in total. The first-order chi connectivity index (χ1) is 8.31. The zero-order valence-electron chi connectivity index (χ0n) is 9.59. The molecule has 2 heteroatoms. The van der Waals surface area contributed by atoms with Gasteiger partial charge in [0.15, 0.2) is 5.82 Å². The Balaban J connectivity index is 2.03. The largest absolute Gasteiger partial charge is 0.227 e. The molecule has 0 bridgehead atoms. The van der Waals surface area contributed by atoms with Gasteiger partial charge in [0.25, 0.3) is 0 Å². The molecular weight excluding hydrogens is 208 g/mol. The minimum Gasteiger partial charge on any atom is -0.227 e. The summed E-state index contributed by atoms with van der Waals surface area (Å²) in [6.07, 6.45) is 2.00. The lowest BCUT2D eigenvalue weighted by molar-refractivity contribution is 1.24. The average molecular weight is 220 g/mol. The van der Waals surface area contributed by atoms with Crippen molar-refractivity contribution in [2.24, 2.45) is 9.98 Å². The van der Waals surface area contributed by atoms with E-state index >= 15 is 0 Å². The van der Waals surface area contributed by atoms with Crippen molar-refractivity contribution in [1.29, 1.82) is 0 Å². The van der Waals surface area contributed by atoms with E-state index in [2.05, 4.69) is 41.2 Å². The molecule has 1 aliphatic heterocycles. The Morgan fingerprint density at radius 3 is 2.00 bits per heavy atom. The molecule has 0 radical (unpaired) electrons. The molecule has 2 aromatic rings. The molecule has 1 aliphatic rings. The van der Waals surface area contributed by atoms with Gasteiger partial charge >= 0.3 is 0 Å². The highest BCUT2D eigenvalue weighted by Gasteiger charge is 2.00. The van der Waals surface area contributed by atoms with Gasteiger partial charge in [0.05, 0.1) is 10.7 Å². The monoisotopic (exact) mass is 220 g/mol. The smallest absolute Gasteiger partial charge is 0.153 e. The maximum Gasteiger partial charge on any atom is 0.153 e. The summed E-state index contributed by atoms with van der Waals surface area (Å²) in [6, 6.07) is 16.3. The fourth-order valence-electron chi connectivity index (χ4n) is 1.80. The van der Waals surface area contributed by atoms with Gasteiger partial charge in [0.2, 0.25) is 0 Å². The molecule has 0 aromatic heterocycles. The number of nitrogens with zero attached hydrogens (tertiary/aromatic N) is 2. The van der Waals surface area contributed by atoms with Crippen LogP contribution in [0.25, 0.3) is 6.08 Å². The molecule has 0 aliphatic carbocycles. The van der Waals surface area contributed by atoms with Crippen LogP contribution in [0.1, 0.15) is 11.1 Å². The molecule has 17 heavy (non-hydrogen) atoms. The molecule has 0 fully saturated rings. The van der Waals surface area contributed by atoms with Crippen molar-refractivity contribution in [3.05, 3.63) is 76.2 Å². The predicted octanol–water partition coefficient (Wildman–Crippen LogP) is 2.25. The normalized spacial score (nSPS) is 12.6. The number of aryl methyl sites for hydroxylation is 1. The van der Waals surface area contributed by atoms with E-state index in [1.165, 1.54) is 5.56 Å². The summed E-state index contributed by atoms with van der Waals surface area (Å²) in [6.45, 7) is 2.08. The minimum absolute atomic E-state index is 0.773. The molecule has 2 nitrogen and oxygen atoms in total. The van der Waals surface area contributed by atoms with Gasteiger partial charge in [0, 0.05) is 0 Å². The van der Waals surface area contributed by atoms with Crippen LogP contribution < -0.4 is 10.7 Å². The number of para-hydroxylation sites is 2. The number of fused-ring (bicyclic) bond motifs is 1. The second kappa shape index (κ2) is 3.98. The van der Waals surface area contributed by atoms with Crippen molar-refractivity contribution in [3.8, 4) is 0 Å². The summed E-state index contributed by atoms with van der Waals surface area (Å²) in [5.41, 5.74) is 2.39. The van der Waals surface area contributed by atoms with Crippen LogP contribution in [-0.2, 0) is 0 Å². The molecular formula is C15H12N2. The third kappa shape index (κ3) is 2.02. The van der Waals surface area contributed by atoms with Gasteiger partial charge in [0.1, 0.15) is 0 Å². The Bertz CT molecular complexity index is 657. The lowest BCUT2D eigenvalue weighted by Crippen LogP contribution is -2.19. The van der Waals surface area contributed by atoms with Crippen LogP contribution in [0.5, 0.6) is 0 Å².